The van der Waals surface area contributed by atoms with Crippen LogP contribution in [0.25, 0.3) is 0 Å². The van der Waals surface area contributed by atoms with Gasteiger partial charge in [0, 0.05) is 18.4 Å². The van der Waals surface area contributed by atoms with E-state index >= 15 is 0 Å². The summed E-state index contributed by atoms with van der Waals surface area (Å²) in [6.07, 6.45) is 5.81. The molecule has 1 heterocycles. The van der Waals surface area contributed by atoms with Gasteiger partial charge in [-0.1, -0.05) is 30.3 Å². The van der Waals surface area contributed by atoms with Gasteiger partial charge in [-0.15, -0.1) is 0 Å². The monoisotopic (exact) mass is 242 g/mol. The Morgan fingerprint density at radius 2 is 2.06 bits per heavy atom. The molecule has 0 amide bonds. The normalized spacial score (nSPS) is 23.4. The van der Waals surface area contributed by atoms with Crippen molar-refractivity contribution in [3.05, 3.63) is 53.7 Å². The molecule has 2 aromatic rings. The van der Waals surface area contributed by atoms with Gasteiger partial charge in [0.25, 0.3) is 0 Å². The van der Waals surface area contributed by atoms with E-state index in [2.05, 4.69) is 17.1 Å². The lowest BCUT2D eigenvalue weighted by Crippen LogP contribution is -2.14. The Balaban J connectivity index is 1.70. The first kappa shape index (κ1) is 11.5. The summed E-state index contributed by atoms with van der Waals surface area (Å²) in [5, 5.41) is 0. The molecule has 94 valence electrons. The van der Waals surface area contributed by atoms with Gasteiger partial charge in [-0.2, -0.15) is 0 Å². The zero-order chi connectivity index (χ0) is 12.4. The van der Waals surface area contributed by atoms with Crippen LogP contribution in [0.5, 0.6) is 0 Å². The van der Waals surface area contributed by atoms with Gasteiger partial charge in [0.05, 0.1) is 5.69 Å². The fourth-order valence-corrected chi connectivity index (χ4v) is 2.64. The van der Waals surface area contributed by atoms with Crippen molar-refractivity contribution in [2.75, 3.05) is 0 Å². The summed E-state index contributed by atoms with van der Waals surface area (Å²) in [5.74, 6) is 1.29. The maximum absolute atomic E-state index is 5.92. The molecule has 2 atom stereocenters. The Labute approximate surface area is 107 Å². The molecule has 18 heavy (non-hydrogen) atoms. The highest BCUT2D eigenvalue weighted by molar-refractivity contribution is 5.20. The molecule has 2 N–H and O–H groups in total. The number of nitrogens with zero attached hydrogens (tertiary/aromatic N) is 1. The van der Waals surface area contributed by atoms with Crippen LogP contribution in [-0.4, -0.2) is 11.0 Å². The summed E-state index contributed by atoms with van der Waals surface area (Å²) in [5.41, 5.74) is 8.20. The van der Waals surface area contributed by atoms with E-state index in [-0.39, 0.29) is 0 Å². The molecular weight excluding hydrogens is 224 g/mol. The largest absolute Gasteiger partial charge is 0.448 e. The molecule has 0 spiro atoms. The summed E-state index contributed by atoms with van der Waals surface area (Å²) in [6, 6.07) is 10.7. The second-order valence-electron chi connectivity index (χ2n) is 5.11. The summed E-state index contributed by atoms with van der Waals surface area (Å²) in [6.45, 7) is 0. The highest BCUT2D eigenvalue weighted by atomic mass is 16.3. The predicted molar refractivity (Wildman–Crippen MR) is 70.3 cm³/mol. The van der Waals surface area contributed by atoms with E-state index in [4.69, 9.17) is 10.2 Å². The van der Waals surface area contributed by atoms with Gasteiger partial charge in [-0.05, 0) is 24.8 Å². The Bertz CT molecular complexity index is 506. The van der Waals surface area contributed by atoms with Crippen LogP contribution in [0.4, 0.5) is 0 Å². The van der Waals surface area contributed by atoms with Gasteiger partial charge in [0.15, 0.2) is 5.89 Å². The Morgan fingerprint density at radius 1 is 1.22 bits per heavy atom. The predicted octanol–water partition coefficient (Wildman–Crippen LogP) is 2.86. The fraction of sp³-hybridized carbons (Fsp3) is 0.400. The molecule has 0 radical (unpaired) electrons. The molecule has 0 saturated heterocycles. The van der Waals surface area contributed by atoms with E-state index in [1.54, 1.807) is 6.26 Å². The molecule has 1 aliphatic rings. The maximum Gasteiger partial charge on any atom is 0.197 e. The van der Waals surface area contributed by atoms with Crippen molar-refractivity contribution in [2.24, 2.45) is 5.73 Å². The van der Waals surface area contributed by atoms with Gasteiger partial charge in [-0.25, -0.2) is 4.98 Å². The maximum atomic E-state index is 5.92. The molecule has 1 aliphatic carbocycles. The number of hydrogen-bond acceptors (Lipinski definition) is 3. The highest BCUT2D eigenvalue weighted by Gasteiger charge is 2.26. The van der Waals surface area contributed by atoms with Crippen LogP contribution in [0, 0.1) is 0 Å². The highest BCUT2D eigenvalue weighted by Crippen LogP contribution is 2.33. The summed E-state index contributed by atoms with van der Waals surface area (Å²) >= 11 is 0. The second-order valence-corrected chi connectivity index (χ2v) is 5.11. The zero-order valence-corrected chi connectivity index (χ0v) is 10.4. The van der Waals surface area contributed by atoms with Gasteiger partial charge < -0.3 is 10.2 Å². The first-order valence-electron chi connectivity index (χ1n) is 6.55. The number of aromatic nitrogens is 1. The summed E-state index contributed by atoms with van der Waals surface area (Å²) in [4.78, 5) is 4.60. The quantitative estimate of drug-likeness (QED) is 0.900. The average molecular weight is 242 g/mol. The third-order valence-electron chi connectivity index (χ3n) is 3.62. The summed E-state index contributed by atoms with van der Waals surface area (Å²) in [7, 11) is 0. The molecule has 0 bridgehead atoms. The molecule has 1 saturated carbocycles. The molecule has 0 unspecified atom stereocenters. The minimum Gasteiger partial charge on any atom is -0.448 e. The van der Waals surface area contributed by atoms with E-state index in [1.165, 1.54) is 5.56 Å². The van der Waals surface area contributed by atoms with Crippen LogP contribution < -0.4 is 5.73 Å². The summed E-state index contributed by atoms with van der Waals surface area (Å²) < 4.78 is 5.60. The van der Waals surface area contributed by atoms with Gasteiger partial charge in [0.1, 0.15) is 6.26 Å². The fourth-order valence-electron chi connectivity index (χ4n) is 2.64. The lowest BCUT2D eigenvalue weighted by Gasteiger charge is -2.02. The Morgan fingerprint density at radius 3 is 2.78 bits per heavy atom. The number of benzene rings is 1. The molecule has 3 rings (SSSR count). The average Bonchev–Trinajstić information content (AvgIpc) is 2.99. The van der Waals surface area contributed by atoms with Crippen LogP contribution >= 0.6 is 0 Å². The van der Waals surface area contributed by atoms with Crippen molar-refractivity contribution >= 4 is 0 Å². The van der Waals surface area contributed by atoms with Crippen molar-refractivity contribution in [3.8, 4) is 0 Å². The van der Waals surface area contributed by atoms with Crippen molar-refractivity contribution < 1.29 is 4.42 Å². The van der Waals surface area contributed by atoms with E-state index in [0.29, 0.717) is 12.0 Å². The number of oxazole rings is 1. The second kappa shape index (κ2) is 4.94. The van der Waals surface area contributed by atoms with Gasteiger partial charge >= 0.3 is 0 Å². The first-order valence-corrected chi connectivity index (χ1v) is 6.55. The topological polar surface area (TPSA) is 52.0 Å². The Hall–Kier alpha value is -1.61. The van der Waals surface area contributed by atoms with E-state index in [9.17, 15) is 0 Å². The number of hydrogen-bond donors (Lipinski definition) is 1. The van der Waals surface area contributed by atoms with Crippen LogP contribution in [0.15, 0.2) is 41.0 Å². The van der Waals surface area contributed by atoms with Crippen LogP contribution in [0.1, 0.15) is 42.3 Å². The standard InChI is InChI=1S/C15H18N2O/c16-13-7-6-12(9-13)15-17-14(10-18-15)8-11-4-2-1-3-5-11/h1-5,10,12-13H,6-9,16H2/t12-,13-/m0/s1. The number of rotatable bonds is 3. The first-order chi connectivity index (χ1) is 8.81. The third kappa shape index (κ3) is 2.46. The third-order valence-corrected chi connectivity index (χ3v) is 3.62. The molecule has 3 nitrogen and oxygen atoms in total. The van der Waals surface area contributed by atoms with Crippen LogP contribution in [0.2, 0.25) is 0 Å². The van der Waals surface area contributed by atoms with E-state index in [0.717, 1.165) is 37.3 Å². The van der Waals surface area contributed by atoms with Crippen LogP contribution in [-0.2, 0) is 6.42 Å². The number of nitrogens with two attached hydrogens (primary N) is 1. The molecule has 1 aromatic heterocycles. The lowest BCUT2D eigenvalue weighted by molar-refractivity contribution is 0.446. The van der Waals surface area contributed by atoms with Crippen molar-refractivity contribution in [2.45, 2.75) is 37.6 Å². The van der Waals surface area contributed by atoms with E-state index in [1.807, 2.05) is 18.2 Å². The van der Waals surface area contributed by atoms with E-state index < -0.39 is 0 Å². The lowest BCUT2D eigenvalue weighted by atomic mass is 10.1. The van der Waals surface area contributed by atoms with Gasteiger partial charge in [-0.3, -0.25) is 0 Å². The smallest absolute Gasteiger partial charge is 0.197 e. The SMILES string of the molecule is N[C@H]1CC[C@H](c2nc(Cc3ccccc3)co2)C1. The molecule has 1 fully saturated rings. The minimum absolute atomic E-state index is 0.319. The van der Waals surface area contributed by atoms with Gasteiger partial charge in [0.2, 0.25) is 0 Å². The van der Waals surface area contributed by atoms with Crippen molar-refractivity contribution in [1.82, 2.24) is 4.98 Å². The molecule has 0 aliphatic heterocycles. The van der Waals surface area contributed by atoms with Crippen molar-refractivity contribution in [3.63, 3.8) is 0 Å². The minimum atomic E-state index is 0.319. The van der Waals surface area contributed by atoms with Crippen LogP contribution in [0.3, 0.4) is 0 Å². The zero-order valence-electron chi connectivity index (χ0n) is 10.4. The Kier molecular flexibility index (Phi) is 3.15. The molecule has 3 heteroatoms. The molecule has 1 aromatic carbocycles. The van der Waals surface area contributed by atoms with Crippen molar-refractivity contribution in [1.29, 1.82) is 0 Å². The molecular formula is C15H18N2O.